The maximum Gasteiger partial charge on any atom is 0.435 e. The van der Waals surface area contributed by atoms with Gasteiger partial charge in [-0.3, -0.25) is 0 Å². The number of halogens is 4. The molecule has 3 atom stereocenters. The molecule has 35 heavy (non-hydrogen) atoms. The molecule has 10 heteroatoms. The van der Waals surface area contributed by atoms with Gasteiger partial charge in [0, 0.05) is 0 Å². The minimum atomic E-state index is -5.70. The van der Waals surface area contributed by atoms with Gasteiger partial charge in [-0.1, -0.05) is 60.2 Å². The maximum atomic E-state index is 16.0. The van der Waals surface area contributed by atoms with Gasteiger partial charge in [0.15, 0.2) is 0 Å². The molecule has 0 bridgehead atoms. The lowest BCUT2D eigenvalue weighted by molar-refractivity contribution is -0.247. The Morgan fingerprint density at radius 1 is 0.943 bits per heavy atom. The van der Waals surface area contributed by atoms with Crippen LogP contribution in [0, 0.1) is 6.92 Å². The van der Waals surface area contributed by atoms with Crippen LogP contribution in [-0.2, 0) is 27.1 Å². The predicted octanol–water partition coefficient (Wildman–Crippen LogP) is 5.37. The zero-order valence-corrected chi connectivity index (χ0v) is 19.7. The molecule has 0 aliphatic heterocycles. The summed E-state index contributed by atoms with van der Waals surface area (Å²) in [6.07, 6.45) is -5.70. The van der Waals surface area contributed by atoms with Gasteiger partial charge in [-0.2, -0.15) is 13.2 Å². The molecule has 0 spiro atoms. The van der Waals surface area contributed by atoms with Crippen LogP contribution in [0.4, 0.5) is 17.6 Å². The smallest absolute Gasteiger partial charge is 0.435 e. The Bertz CT molecular complexity index is 1150. The van der Waals surface area contributed by atoms with Crippen molar-refractivity contribution in [3.8, 4) is 5.75 Å². The second-order valence-corrected chi connectivity index (χ2v) is 8.92. The number of benzene rings is 3. The molecular weight excluding hydrogens is 486 g/mol. The highest BCUT2D eigenvalue weighted by Gasteiger charge is 2.68. The van der Waals surface area contributed by atoms with E-state index in [1.807, 2.05) is 0 Å². The number of aryl methyl sites for hydroxylation is 1. The molecule has 0 saturated carbocycles. The van der Waals surface area contributed by atoms with Gasteiger partial charge in [0.05, 0.1) is 18.0 Å². The molecule has 0 aliphatic rings. The molecule has 5 nitrogen and oxygen atoms in total. The SMILES string of the molecule is COc1ccc(C(NS(=O)c2ccc(C)cc2)C(F)(C(=O)OCc2ccccc2)C(F)(F)F)cc1. The Morgan fingerprint density at radius 3 is 2.09 bits per heavy atom. The number of carbonyl (C=O) groups excluding carboxylic acids is 1. The van der Waals surface area contributed by atoms with E-state index >= 15 is 4.39 Å². The molecule has 3 unspecified atom stereocenters. The fourth-order valence-corrected chi connectivity index (χ4v) is 4.27. The van der Waals surface area contributed by atoms with Crippen molar-refractivity contribution in [2.45, 2.75) is 36.3 Å². The van der Waals surface area contributed by atoms with Crippen LogP contribution < -0.4 is 9.46 Å². The third-order valence-electron chi connectivity index (χ3n) is 5.23. The van der Waals surface area contributed by atoms with E-state index in [4.69, 9.17) is 9.47 Å². The first-order chi connectivity index (χ1) is 16.6. The van der Waals surface area contributed by atoms with Crippen LogP contribution in [0.2, 0.25) is 0 Å². The van der Waals surface area contributed by atoms with E-state index in [1.165, 1.54) is 43.5 Å². The first kappa shape index (κ1) is 26.4. The molecule has 186 valence electrons. The zero-order chi connectivity index (χ0) is 25.6. The van der Waals surface area contributed by atoms with Crippen LogP contribution in [0.25, 0.3) is 0 Å². The van der Waals surface area contributed by atoms with Crippen molar-refractivity contribution in [3.63, 3.8) is 0 Å². The number of hydrogen-bond acceptors (Lipinski definition) is 4. The molecule has 3 aromatic rings. The standard InChI is InChI=1S/C25H23F4NO4S/c1-17-8-14-21(15-9-17)35(32)30-22(19-10-12-20(33-2)13-11-19)24(26,25(27,28)29)23(31)34-16-18-6-4-3-5-7-18/h3-15,22,30H,16H2,1-2H3. The molecule has 0 amide bonds. The summed E-state index contributed by atoms with van der Waals surface area (Å²) in [6, 6.07) is 16.5. The van der Waals surface area contributed by atoms with Gasteiger partial charge in [0.2, 0.25) is 0 Å². The number of nitrogens with one attached hydrogen (secondary N) is 1. The summed E-state index contributed by atoms with van der Waals surface area (Å²) < 4.78 is 83.6. The molecule has 3 aromatic carbocycles. The predicted molar refractivity (Wildman–Crippen MR) is 123 cm³/mol. The molecule has 0 aromatic heterocycles. The first-order valence-corrected chi connectivity index (χ1v) is 11.6. The Kier molecular flexibility index (Phi) is 8.29. The van der Waals surface area contributed by atoms with Crippen molar-refractivity contribution in [2.75, 3.05) is 7.11 Å². The Hall–Kier alpha value is -3.24. The summed E-state index contributed by atoms with van der Waals surface area (Å²) in [5.74, 6) is -1.85. The van der Waals surface area contributed by atoms with E-state index < -0.39 is 41.4 Å². The minimum absolute atomic E-state index is 0.108. The summed E-state index contributed by atoms with van der Waals surface area (Å²) in [4.78, 5) is 12.8. The van der Waals surface area contributed by atoms with Gasteiger partial charge in [-0.15, -0.1) is 0 Å². The molecule has 3 rings (SSSR count). The maximum absolute atomic E-state index is 16.0. The molecule has 0 saturated heterocycles. The monoisotopic (exact) mass is 509 g/mol. The van der Waals surface area contributed by atoms with Crippen molar-refractivity contribution in [1.82, 2.24) is 4.72 Å². The Balaban J connectivity index is 2.01. The van der Waals surface area contributed by atoms with Gasteiger partial charge >= 0.3 is 17.8 Å². The van der Waals surface area contributed by atoms with Gasteiger partial charge < -0.3 is 9.47 Å². The average molecular weight is 510 g/mol. The molecule has 0 fully saturated rings. The van der Waals surface area contributed by atoms with E-state index in [0.717, 1.165) is 17.7 Å². The number of esters is 1. The minimum Gasteiger partial charge on any atom is -0.497 e. The number of rotatable bonds is 9. The van der Waals surface area contributed by atoms with Crippen molar-refractivity contribution in [2.24, 2.45) is 0 Å². The highest BCUT2D eigenvalue weighted by atomic mass is 32.2. The Labute approximate surface area is 202 Å². The van der Waals surface area contributed by atoms with E-state index in [1.54, 1.807) is 37.3 Å². The van der Waals surface area contributed by atoms with Crippen LogP contribution in [0.1, 0.15) is 22.7 Å². The van der Waals surface area contributed by atoms with Crippen LogP contribution >= 0.6 is 0 Å². The number of carbonyl (C=O) groups is 1. The summed E-state index contributed by atoms with van der Waals surface area (Å²) in [6.45, 7) is 1.21. The number of hydrogen-bond donors (Lipinski definition) is 1. The summed E-state index contributed by atoms with van der Waals surface area (Å²) in [5.41, 5.74) is -3.63. The van der Waals surface area contributed by atoms with Crippen molar-refractivity contribution >= 4 is 17.0 Å². The van der Waals surface area contributed by atoms with Crippen LogP contribution in [-0.4, -0.2) is 29.1 Å². The molecule has 0 radical (unpaired) electrons. The van der Waals surface area contributed by atoms with Crippen LogP contribution in [0.5, 0.6) is 5.75 Å². The summed E-state index contributed by atoms with van der Waals surface area (Å²) in [7, 11) is -0.942. The summed E-state index contributed by atoms with van der Waals surface area (Å²) >= 11 is 0. The fraction of sp³-hybridized carbons (Fsp3) is 0.240. The van der Waals surface area contributed by atoms with E-state index in [-0.39, 0.29) is 10.5 Å². The normalized spacial score (nSPS) is 15.0. The van der Waals surface area contributed by atoms with Gasteiger partial charge in [0.25, 0.3) is 0 Å². The zero-order valence-electron chi connectivity index (χ0n) is 18.8. The highest BCUT2D eigenvalue weighted by Crippen LogP contribution is 2.45. The lowest BCUT2D eigenvalue weighted by Crippen LogP contribution is -2.57. The summed E-state index contributed by atoms with van der Waals surface area (Å²) in [5, 5.41) is 0. The fourth-order valence-electron chi connectivity index (χ4n) is 3.24. The third kappa shape index (κ3) is 6.07. The highest BCUT2D eigenvalue weighted by molar-refractivity contribution is 7.83. The Morgan fingerprint density at radius 2 is 1.54 bits per heavy atom. The molecule has 0 aliphatic carbocycles. The van der Waals surface area contributed by atoms with E-state index in [9.17, 15) is 22.2 Å². The molecule has 0 heterocycles. The van der Waals surface area contributed by atoms with Crippen molar-refractivity contribution < 1.29 is 36.0 Å². The van der Waals surface area contributed by atoms with Gasteiger partial charge in [0.1, 0.15) is 23.3 Å². The lowest BCUT2D eigenvalue weighted by atomic mass is 9.90. The topological polar surface area (TPSA) is 64.6 Å². The lowest BCUT2D eigenvalue weighted by Gasteiger charge is -2.33. The average Bonchev–Trinajstić information content (AvgIpc) is 2.85. The largest absolute Gasteiger partial charge is 0.497 e. The second-order valence-electron chi connectivity index (χ2n) is 7.68. The number of alkyl halides is 4. The number of methoxy groups -OCH3 is 1. The second kappa shape index (κ2) is 11.0. The van der Waals surface area contributed by atoms with Crippen LogP contribution in [0.3, 0.4) is 0 Å². The number of ether oxygens (including phenoxy) is 2. The quantitative estimate of drug-likeness (QED) is 0.311. The van der Waals surface area contributed by atoms with Gasteiger partial charge in [-0.25, -0.2) is 18.1 Å². The first-order valence-electron chi connectivity index (χ1n) is 10.4. The van der Waals surface area contributed by atoms with Gasteiger partial charge in [-0.05, 0) is 42.3 Å². The van der Waals surface area contributed by atoms with Crippen LogP contribution in [0.15, 0.2) is 83.8 Å². The molecule has 1 N–H and O–H groups in total. The van der Waals surface area contributed by atoms with E-state index in [0.29, 0.717) is 11.3 Å². The van der Waals surface area contributed by atoms with Crippen molar-refractivity contribution in [1.29, 1.82) is 0 Å². The molecular formula is C25H23F4NO4S. The third-order valence-corrected chi connectivity index (χ3v) is 6.38. The van der Waals surface area contributed by atoms with E-state index in [2.05, 4.69) is 4.72 Å². The van der Waals surface area contributed by atoms with Crippen molar-refractivity contribution in [3.05, 3.63) is 95.6 Å².